The molecule has 0 atom stereocenters. The summed E-state index contributed by atoms with van der Waals surface area (Å²) >= 11 is 6.13. The molecule has 0 bridgehead atoms. The molecule has 0 aliphatic heterocycles. The minimum atomic E-state index is -0.336. The van der Waals surface area contributed by atoms with Gasteiger partial charge in [-0.1, -0.05) is 35.9 Å². The van der Waals surface area contributed by atoms with E-state index in [9.17, 15) is 9.59 Å². The number of anilines is 2. The molecule has 0 fully saturated rings. The van der Waals surface area contributed by atoms with Crippen molar-refractivity contribution < 1.29 is 14.3 Å². The third kappa shape index (κ3) is 4.49. The summed E-state index contributed by atoms with van der Waals surface area (Å²) in [5, 5.41) is 3.18. The first-order valence-corrected chi connectivity index (χ1v) is 7.95. The van der Waals surface area contributed by atoms with Gasteiger partial charge in [0, 0.05) is 6.92 Å². The predicted molar refractivity (Wildman–Crippen MR) is 95.7 cm³/mol. The van der Waals surface area contributed by atoms with Crippen LogP contribution in [0.15, 0.2) is 48.5 Å². The van der Waals surface area contributed by atoms with Crippen LogP contribution in [0.25, 0.3) is 0 Å². The number of halogens is 1. The molecule has 5 nitrogen and oxygen atoms in total. The highest BCUT2D eigenvalue weighted by Crippen LogP contribution is 2.26. The van der Waals surface area contributed by atoms with Crippen molar-refractivity contribution in [3.8, 4) is 5.75 Å². The monoisotopic (exact) mass is 346 g/mol. The normalized spacial score (nSPS) is 10.1. The van der Waals surface area contributed by atoms with Crippen molar-refractivity contribution >= 4 is 34.8 Å². The molecule has 2 rings (SSSR count). The number of hydrogen-bond acceptors (Lipinski definition) is 3. The van der Waals surface area contributed by atoms with Crippen LogP contribution in [0.1, 0.15) is 13.8 Å². The van der Waals surface area contributed by atoms with Crippen LogP contribution in [-0.4, -0.2) is 25.0 Å². The number of nitrogens with one attached hydrogen (secondary N) is 1. The summed E-state index contributed by atoms with van der Waals surface area (Å²) in [5.74, 6) is -0.0194. The number of amides is 2. The van der Waals surface area contributed by atoms with E-state index >= 15 is 0 Å². The summed E-state index contributed by atoms with van der Waals surface area (Å²) in [4.78, 5) is 25.6. The van der Waals surface area contributed by atoms with Gasteiger partial charge < -0.3 is 15.0 Å². The molecule has 126 valence electrons. The average molecular weight is 347 g/mol. The Morgan fingerprint density at radius 1 is 1.12 bits per heavy atom. The van der Waals surface area contributed by atoms with Crippen LogP contribution in [-0.2, 0) is 9.59 Å². The summed E-state index contributed by atoms with van der Waals surface area (Å²) < 4.78 is 5.48. The fourth-order valence-electron chi connectivity index (χ4n) is 2.22. The molecule has 2 aromatic carbocycles. The number of benzene rings is 2. The first kappa shape index (κ1) is 17.8. The lowest BCUT2D eigenvalue weighted by molar-refractivity contribution is -0.120. The van der Waals surface area contributed by atoms with E-state index in [4.69, 9.17) is 16.3 Å². The van der Waals surface area contributed by atoms with Crippen LogP contribution >= 0.6 is 11.6 Å². The van der Waals surface area contributed by atoms with Gasteiger partial charge in [-0.2, -0.15) is 0 Å². The van der Waals surface area contributed by atoms with E-state index < -0.39 is 0 Å². The van der Waals surface area contributed by atoms with E-state index in [2.05, 4.69) is 5.32 Å². The molecule has 0 heterocycles. The van der Waals surface area contributed by atoms with Gasteiger partial charge in [0.25, 0.3) is 0 Å². The van der Waals surface area contributed by atoms with Crippen molar-refractivity contribution in [2.75, 3.05) is 23.4 Å². The van der Waals surface area contributed by atoms with Gasteiger partial charge in [-0.25, -0.2) is 0 Å². The van der Waals surface area contributed by atoms with Gasteiger partial charge in [-0.05, 0) is 31.2 Å². The lowest BCUT2D eigenvalue weighted by Gasteiger charge is -2.22. The molecular weight excluding hydrogens is 328 g/mol. The van der Waals surface area contributed by atoms with Crippen molar-refractivity contribution in [1.82, 2.24) is 0 Å². The van der Waals surface area contributed by atoms with Gasteiger partial charge in [0.1, 0.15) is 12.3 Å². The number of ether oxygens (including phenoxy) is 1. The zero-order chi connectivity index (χ0) is 17.5. The number of para-hydroxylation sites is 3. The maximum absolute atomic E-state index is 12.4. The second-order valence-electron chi connectivity index (χ2n) is 5.03. The van der Waals surface area contributed by atoms with Gasteiger partial charge in [0.15, 0.2) is 0 Å². The Bertz CT molecular complexity index is 734. The Morgan fingerprint density at radius 3 is 2.46 bits per heavy atom. The molecule has 0 saturated carbocycles. The number of rotatable bonds is 6. The second-order valence-corrected chi connectivity index (χ2v) is 5.44. The standard InChI is InChI=1S/C18H19ClN2O3/c1-3-24-17-11-7-5-9-15(17)20-18(23)12-21(13(2)22)16-10-6-4-8-14(16)19/h4-11H,3,12H2,1-2H3,(H,20,23). The Hall–Kier alpha value is -2.53. The highest BCUT2D eigenvalue weighted by atomic mass is 35.5. The SMILES string of the molecule is CCOc1ccccc1NC(=O)CN(C(C)=O)c1ccccc1Cl. The Labute approximate surface area is 146 Å². The highest BCUT2D eigenvalue weighted by molar-refractivity contribution is 6.33. The van der Waals surface area contributed by atoms with Gasteiger partial charge in [0.05, 0.1) is 23.0 Å². The van der Waals surface area contributed by atoms with Crippen molar-refractivity contribution in [2.24, 2.45) is 0 Å². The smallest absolute Gasteiger partial charge is 0.244 e. The molecule has 2 amide bonds. The van der Waals surface area contributed by atoms with Gasteiger partial charge in [-0.15, -0.1) is 0 Å². The molecule has 0 radical (unpaired) electrons. The van der Waals surface area contributed by atoms with E-state index in [1.807, 2.05) is 13.0 Å². The quantitative estimate of drug-likeness (QED) is 0.867. The third-order valence-electron chi connectivity index (χ3n) is 3.29. The first-order chi connectivity index (χ1) is 11.5. The van der Waals surface area contributed by atoms with Crippen LogP contribution in [0.3, 0.4) is 0 Å². The lowest BCUT2D eigenvalue weighted by atomic mass is 10.2. The molecular formula is C18H19ClN2O3. The van der Waals surface area contributed by atoms with Crippen LogP contribution < -0.4 is 15.0 Å². The molecule has 0 aromatic heterocycles. The predicted octanol–water partition coefficient (Wildman–Crippen LogP) is 3.73. The number of hydrogen-bond donors (Lipinski definition) is 1. The summed E-state index contributed by atoms with van der Waals surface area (Å²) in [6.07, 6.45) is 0. The van der Waals surface area contributed by atoms with E-state index in [1.165, 1.54) is 11.8 Å². The average Bonchev–Trinajstić information content (AvgIpc) is 2.55. The molecule has 0 aliphatic rings. The number of nitrogens with zero attached hydrogens (tertiary/aromatic N) is 1. The van der Waals surface area contributed by atoms with E-state index in [1.54, 1.807) is 42.5 Å². The zero-order valence-corrected chi connectivity index (χ0v) is 14.3. The number of carbonyl (C=O) groups excluding carboxylic acids is 2. The van der Waals surface area contributed by atoms with Gasteiger partial charge in [0.2, 0.25) is 11.8 Å². The summed E-state index contributed by atoms with van der Waals surface area (Å²) in [6, 6.07) is 14.1. The molecule has 0 spiro atoms. The highest BCUT2D eigenvalue weighted by Gasteiger charge is 2.18. The molecule has 2 aromatic rings. The van der Waals surface area contributed by atoms with Crippen LogP contribution in [0.4, 0.5) is 11.4 Å². The molecule has 24 heavy (non-hydrogen) atoms. The third-order valence-corrected chi connectivity index (χ3v) is 3.61. The second kappa shape index (κ2) is 8.36. The topological polar surface area (TPSA) is 58.6 Å². The van der Waals surface area contributed by atoms with E-state index in [0.29, 0.717) is 28.8 Å². The summed E-state index contributed by atoms with van der Waals surface area (Å²) in [6.45, 7) is 3.61. The van der Waals surface area contributed by atoms with Gasteiger partial charge in [-0.3, -0.25) is 9.59 Å². The van der Waals surface area contributed by atoms with Crippen molar-refractivity contribution in [3.63, 3.8) is 0 Å². The zero-order valence-electron chi connectivity index (χ0n) is 13.6. The Kier molecular flexibility index (Phi) is 6.21. The summed E-state index contributed by atoms with van der Waals surface area (Å²) in [5.41, 5.74) is 1.06. The lowest BCUT2D eigenvalue weighted by Crippen LogP contribution is -2.36. The maximum atomic E-state index is 12.4. The minimum Gasteiger partial charge on any atom is -0.492 e. The van der Waals surface area contributed by atoms with Crippen LogP contribution in [0, 0.1) is 0 Å². The Morgan fingerprint density at radius 2 is 1.79 bits per heavy atom. The molecule has 1 N–H and O–H groups in total. The molecule has 6 heteroatoms. The van der Waals surface area contributed by atoms with Crippen molar-refractivity contribution in [3.05, 3.63) is 53.6 Å². The van der Waals surface area contributed by atoms with Crippen molar-refractivity contribution in [2.45, 2.75) is 13.8 Å². The minimum absolute atomic E-state index is 0.139. The van der Waals surface area contributed by atoms with Crippen LogP contribution in [0.2, 0.25) is 5.02 Å². The van der Waals surface area contributed by atoms with E-state index in [-0.39, 0.29) is 18.4 Å². The molecule has 0 saturated heterocycles. The van der Waals surface area contributed by atoms with E-state index in [0.717, 1.165) is 0 Å². The maximum Gasteiger partial charge on any atom is 0.244 e. The fraction of sp³-hybridized carbons (Fsp3) is 0.222. The fourth-order valence-corrected chi connectivity index (χ4v) is 2.46. The van der Waals surface area contributed by atoms with Crippen LogP contribution in [0.5, 0.6) is 5.75 Å². The Balaban J connectivity index is 2.15. The summed E-state index contributed by atoms with van der Waals surface area (Å²) in [7, 11) is 0. The van der Waals surface area contributed by atoms with Gasteiger partial charge >= 0.3 is 0 Å². The number of carbonyl (C=O) groups is 2. The van der Waals surface area contributed by atoms with Crippen molar-refractivity contribution in [1.29, 1.82) is 0 Å². The first-order valence-electron chi connectivity index (χ1n) is 7.57. The largest absolute Gasteiger partial charge is 0.492 e. The molecule has 0 unspecified atom stereocenters. The molecule has 0 aliphatic carbocycles.